The molecule has 44 heteroatoms. The number of phosphoric ester groups is 1. The predicted octanol–water partition coefficient (Wildman–Crippen LogP) is -4.04. The zero-order valence-corrected chi connectivity index (χ0v) is 59.6. The minimum Gasteiger partial charge on any atom is -0.508 e. The number of hydrogen-bond acceptors (Lipinski definition) is 23. The summed E-state index contributed by atoms with van der Waals surface area (Å²) >= 11 is 0. The van der Waals surface area contributed by atoms with Crippen molar-refractivity contribution < 1.29 is 141 Å². The highest BCUT2D eigenvalue weighted by Gasteiger charge is 2.47. The number of aromatic nitrogens is 2. The Bertz CT molecular complexity index is 4500. The van der Waals surface area contributed by atoms with Gasteiger partial charge in [0.1, 0.15) is 71.9 Å². The Balaban J connectivity index is 1.41. The zero-order valence-electron chi connectivity index (χ0n) is 58.7. The van der Waals surface area contributed by atoms with E-state index in [4.69, 9.17) is 14.9 Å². The molecule has 0 saturated carbocycles. The topological polar surface area (TPSA) is 691 Å². The maximum atomic E-state index is 15.4. The third kappa shape index (κ3) is 24.4. The van der Waals surface area contributed by atoms with E-state index in [0.29, 0.717) is 34.6 Å². The molecule has 5 aromatic rings. The van der Waals surface area contributed by atoms with E-state index >= 15 is 19.2 Å². The van der Waals surface area contributed by atoms with E-state index in [1.54, 1.807) is 48.6 Å². The summed E-state index contributed by atoms with van der Waals surface area (Å²) in [6, 6.07) is -4.60. The van der Waals surface area contributed by atoms with Crippen molar-refractivity contribution in [2.75, 3.05) is 13.2 Å². The molecule has 0 aliphatic carbocycles. The number of aliphatic hydroxyl groups excluding tert-OH is 2. The number of aliphatic carboxylic acids is 4. The van der Waals surface area contributed by atoms with Crippen molar-refractivity contribution in [3.05, 3.63) is 108 Å². The number of carbonyl (C=O) groups excluding carboxylic acids is 12. The van der Waals surface area contributed by atoms with Gasteiger partial charge in [-0.3, -0.25) is 81.9 Å². The number of ether oxygens (including phenoxy) is 2. The number of benzene rings is 3. The van der Waals surface area contributed by atoms with Crippen LogP contribution in [0.3, 0.4) is 0 Å². The molecule has 3 aromatic carbocycles. The summed E-state index contributed by atoms with van der Waals surface area (Å²) in [6.45, 7) is 1.08. The fourth-order valence-electron chi connectivity index (χ4n) is 11.5. The minimum atomic E-state index is -6.02. The summed E-state index contributed by atoms with van der Waals surface area (Å²) in [4.78, 5) is 250. The number of phosphoric acid groups is 1. The highest BCUT2D eigenvalue weighted by Crippen LogP contribution is 2.38. The standard InChI is InChI=1S/C67H79N14O29P/c1-4-9-44-54(109-44)66(103)77-43(27-82)61(98)80-51-29(3)108-67(104)42(20-32-25-70-37-13-8-6-11-35(32)37)76-62(99)50(28(2)18-46(85)86)79-65(102)53(55(56(68)93)110-111(105,106)107)78-45(84)26-71-57(94)39(21-47(87)88)75-64(101)52(30-14-16-33(83)17-15-30)81-60(97)41(23-49(91)92)73-59(96)40(22-48(89)90)72-58(95)38(74-63(51)100)19-31-24-69-36-12-7-5-10-34(31)36/h5-8,10-17,20,24-25,28-29,38-41,43-44,50-55,69-70,82-83H,4,9,18-19,21-23,26-27H2,1-3H3,(H2,68,93)(H,71,94)(H,72,95)(H,73,96)(H,74,100)(H,75,101)(H,76,99)(H,77,103)(H,78,84)(H,79,102)(H,80,98)(H,81,97)(H,85,86)(H,87,88)(H,89,90)(H,91,92)(H2,105,106,107). The molecular formula is C67H79N14O29P. The van der Waals surface area contributed by atoms with E-state index in [1.165, 1.54) is 24.5 Å². The predicted molar refractivity (Wildman–Crippen MR) is 376 cm³/mol. The molecule has 2 saturated heterocycles. The van der Waals surface area contributed by atoms with Crippen LogP contribution in [-0.4, -0.2) is 242 Å². The number of para-hydroxylation sites is 2. The molecular weight excluding hydrogens is 1500 g/mol. The average molecular weight is 1580 g/mol. The lowest BCUT2D eigenvalue weighted by molar-refractivity contribution is -0.150. The molecule has 2 fully saturated rings. The number of carboxylic acid groups (broad SMARTS) is 4. The molecule has 14 atom stereocenters. The fourth-order valence-corrected chi connectivity index (χ4v) is 12.0. The number of epoxide rings is 1. The van der Waals surface area contributed by atoms with E-state index in [0.717, 1.165) is 44.2 Å². The highest BCUT2D eigenvalue weighted by molar-refractivity contribution is 7.46. The number of aliphatic hydroxyl groups is 2. The van der Waals surface area contributed by atoms with Crippen molar-refractivity contribution >= 4 is 136 Å². The third-order valence-corrected chi connectivity index (χ3v) is 17.5. The first-order valence-corrected chi connectivity index (χ1v) is 35.2. The smallest absolute Gasteiger partial charge is 0.470 e. The fraction of sp³-hybridized carbons (Fsp3) is 0.388. The van der Waals surface area contributed by atoms with Gasteiger partial charge in [-0.25, -0.2) is 9.36 Å². The minimum absolute atomic E-state index is 0.0349. The Morgan fingerprint density at radius 3 is 1.78 bits per heavy atom. The molecule has 7 rings (SSSR count). The van der Waals surface area contributed by atoms with Gasteiger partial charge in [0, 0.05) is 46.2 Å². The van der Waals surface area contributed by atoms with Crippen LogP contribution in [-0.2, 0) is 102 Å². The highest BCUT2D eigenvalue weighted by atomic mass is 31.2. The Labute approximate surface area is 625 Å². The van der Waals surface area contributed by atoms with Crippen molar-refractivity contribution in [1.82, 2.24) is 68.5 Å². The molecule has 0 bridgehead atoms. The van der Waals surface area contributed by atoms with Gasteiger partial charge in [-0.2, -0.15) is 0 Å². The van der Waals surface area contributed by atoms with Gasteiger partial charge in [-0.15, -0.1) is 0 Å². The molecule has 2 aromatic heterocycles. The van der Waals surface area contributed by atoms with Crippen LogP contribution >= 0.6 is 7.82 Å². The Kier molecular flexibility index (Phi) is 29.6. The second kappa shape index (κ2) is 38.4. The van der Waals surface area contributed by atoms with Crippen LogP contribution in [0.1, 0.15) is 82.0 Å². The molecule has 0 radical (unpaired) electrons. The number of hydrogen-bond donors (Lipinski definition) is 23. The van der Waals surface area contributed by atoms with Crippen LogP contribution in [0.15, 0.2) is 90.9 Å². The van der Waals surface area contributed by atoms with Crippen LogP contribution in [0.25, 0.3) is 27.9 Å². The SMILES string of the molecule is CCCC1OC1C(=O)NC(CO)C(=O)NC1C(=O)NC(Cc2c[nH]c3ccccc23)C(=O)NC(CC(=O)O)C(=O)NC(CC(=O)O)C(=O)NC(c2ccc(O)cc2)C(=O)NC(CC(=O)O)C(=O)NCC(=O)NC(C(OP(=O)(O)O)C(=N)O)C(=O)NC(C(C)CC(=O)O)C(=O)NC(=Cc2c[nH]c3ccccc23)C(=O)OC1C. The monoisotopic (exact) mass is 1570 g/mol. The van der Waals surface area contributed by atoms with Crippen LogP contribution in [0, 0.1) is 11.3 Å². The summed E-state index contributed by atoms with van der Waals surface area (Å²) in [5.74, 6) is -30.0. The Morgan fingerprint density at radius 1 is 0.658 bits per heavy atom. The lowest BCUT2D eigenvalue weighted by Gasteiger charge is -2.30. The molecule has 4 heterocycles. The Hall–Kier alpha value is -12.7. The zero-order chi connectivity index (χ0) is 81.9. The number of esters is 1. The summed E-state index contributed by atoms with van der Waals surface area (Å²) < 4.78 is 28.2. The quantitative estimate of drug-likeness (QED) is 0.00698. The second-order valence-corrected chi connectivity index (χ2v) is 26.6. The van der Waals surface area contributed by atoms with E-state index in [1.807, 2.05) is 21.3 Å². The summed E-state index contributed by atoms with van der Waals surface area (Å²) in [5, 5.41) is 103. The van der Waals surface area contributed by atoms with Gasteiger partial charge < -0.3 is 123 Å². The number of carboxylic acids is 4. The number of amides is 11. The summed E-state index contributed by atoms with van der Waals surface area (Å²) in [7, 11) is -6.02. The number of aromatic amines is 2. The van der Waals surface area contributed by atoms with Crippen LogP contribution in [0.5, 0.6) is 5.75 Å². The van der Waals surface area contributed by atoms with Crippen molar-refractivity contribution in [2.24, 2.45) is 5.92 Å². The van der Waals surface area contributed by atoms with Crippen LogP contribution in [0.2, 0.25) is 0 Å². The van der Waals surface area contributed by atoms with Crippen LogP contribution in [0.4, 0.5) is 0 Å². The number of aromatic hydroxyl groups is 1. The lowest BCUT2D eigenvalue weighted by Crippen LogP contribution is -2.62. The normalized spacial score (nSPS) is 23.8. The van der Waals surface area contributed by atoms with Crippen LogP contribution < -0.4 is 58.5 Å². The average Bonchev–Trinajstić information content (AvgIpc) is 1.77. The summed E-state index contributed by atoms with van der Waals surface area (Å²) in [6.07, 6.45) is -8.23. The molecule has 14 unspecified atom stereocenters. The molecule has 2 aliphatic rings. The third-order valence-electron chi connectivity index (χ3n) is 17.0. The molecule has 43 nitrogen and oxygen atoms in total. The largest absolute Gasteiger partial charge is 0.508 e. The molecule has 2 aliphatic heterocycles. The van der Waals surface area contributed by atoms with Crippen molar-refractivity contribution in [1.29, 1.82) is 5.41 Å². The van der Waals surface area contributed by atoms with E-state index in [9.17, 15) is 108 Å². The van der Waals surface area contributed by atoms with Crippen molar-refractivity contribution in [3.63, 3.8) is 0 Å². The maximum Gasteiger partial charge on any atom is 0.470 e. The van der Waals surface area contributed by atoms with Gasteiger partial charge in [0.15, 0.2) is 12.2 Å². The number of carbonyl (C=O) groups is 16. The molecule has 596 valence electrons. The first kappa shape index (κ1) is 85.5. The maximum absolute atomic E-state index is 15.4. The molecule has 11 amide bonds. The number of fused-ring (bicyclic) bond motifs is 2. The number of phenols is 1. The van der Waals surface area contributed by atoms with Gasteiger partial charge >= 0.3 is 37.7 Å². The molecule has 23 N–H and O–H groups in total. The summed E-state index contributed by atoms with van der Waals surface area (Å²) in [5.41, 5.74) is -0.299. The van der Waals surface area contributed by atoms with E-state index in [-0.39, 0.29) is 16.7 Å². The molecule has 0 spiro atoms. The van der Waals surface area contributed by atoms with Gasteiger partial charge in [-0.1, -0.05) is 68.8 Å². The number of phenolic OH excluding ortho intramolecular Hbond substituents is 1. The van der Waals surface area contributed by atoms with Crippen molar-refractivity contribution in [3.8, 4) is 5.75 Å². The van der Waals surface area contributed by atoms with E-state index in [2.05, 4.69) is 46.4 Å². The van der Waals surface area contributed by atoms with Gasteiger partial charge in [0.05, 0.1) is 44.9 Å². The first-order valence-electron chi connectivity index (χ1n) is 33.6. The Morgan fingerprint density at radius 2 is 1.21 bits per heavy atom. The van der Waals surface area contributed by atoms with Gasteiger partial charge in [-0.05, 0) is 60.7 Å². The van der Waals surface area contributed by atoms with Crippen molar-refractivity contribution in [2.45, 2.75) is 145 Å². The molecule has 111 heavy (non-hydrogen) atoms. The van der Waals surface area contributed by atoms with E-state index < -0.39 is 250 Å². The first-order chi connectivity index (χ1) is 52.3. The number of rotatable bonds is 24. The number of H-pyrrole nitrogens is 2. The van der Waals surface area contributed by atoms with Gasteiger partial charge in [0.2, 0.25) is 65.0 Å². The second-order valence-electron chi connectivity index (χ2n) is 25.4. The van der Waals surface area contributed by atoms with Gasteiger partial charge in [0.25, 0.3) is 5.91 Å². The number of nitrogens with one attached hydrogen (secondary N) is 14. The number of cyclic esters (lactones) is 1. The lowest BCUT2D eigenvalue weighted by atomic mass is 9.96.